The molecule has 2 rings (SSSR count). The summed E-state index contributed by atoms with van der Waals surface area (Å²) in [4.78, 5) is 31.1. The molecule has 2 heterocycles. The van der Waals surface area contributed by atoms with Crippen molar-refractivity contribution < 1.29 is 19.6 Å². The van der Waals surface area contributed by atoms with Crippen molar-refractivity contribution in [3.8, 4) is 5.88 Å². The molecular formula is C12H16N4O5. The van der Waals surface area contributed by atoms with Crippen LogP contribution in [0.3, 0.4) is 0 Å². The molecule has 1 unspecified atom stereocenters. The van der Waals surface area contributed by atoms with E-state index in [-0.39, 0.29) is 29.8 Å². The van der Waals surface area contributed by atoms with Crippen molar-refractivity contribution in [2.45, 2.75) is 31.7 Å². The Morgan fingerprint density at radius 3 is 2.95 bits per heavy atom. The summed E-state index contributed by atoms with van der Waals surface area (Å²) in [7, 11) is 1.30. The molecule has 1 aliphatic rings. The van der Waals surface area contributed by atoms with Crippen LogP contribution >= 0.6 is 0 Å². The lowest BCUT2D eigenvalue weighted by Crippen LogP contribution is -2.41. The number of piperidine rings is 1. The molecule has 114 valence electrons. The van der Waals surface area contributed by atoms with Crippen LogP contribution in [-0.4, -0.2) is 45.7 Å². The number of nitrogens with zero attached hydrogens (tertiary/aromatic N) is 4. The molecule has 1 saturated heterocycles. The van der Waals surface area contributed by atoms with E-state index in [1.165, 1.54) is 13.4 Å². The third kappa shape index (κ3) is 3.18. The maximum absolute atomic E-state index is 11.3. The van der Waals surface area contributed by atoms with Gasteiger partial charge in [0.1, 0.15) is 6.33 Å². The maximum Gasteiger partial charge on any atom is 0.372 e. The van der Waals surface area contributed by atoms with Crippen molar-refractivity contribution in [1.29, 1.82) is 0 Å². The molecule has 1 aliphatic heterocycles. The molecule has 1 N–H and O–H groups in total. The van der Waals surface area contributed by atoms with Gasteiger partial charge >= 0.3 is 11.7 Å². The van der Waals surface area contributed by atoms with Crippen LogP contribution in [0.15, 0.2) is 6.33 Å². The minimum Gasteiger partial charge on any atom is -0.481 e. The molecule has 0 saturated carbocycles. The SMILES string of the molecule is COc1ncnc(N2CCCCC2CC(=O)O)c1[N+](=O)[O-]. The van der Waals surface area contributed by atoms with E-state index in [2.05, 4.69) is 9.97 Å². The van der Waals surface area contributed by atoms with Gasteiger partial charge in [0, 0.05) is 12.6 Å². The molecule has 0 aromatic carbocycles. The average molecular weight is 296 g/mol. The number of ether oxygens (including phenoxy) is 1. The Morgan fingerprint density at radius 1 is 1.57 bits per heavy atom. The normalized spacial score (nSPS) is 18.3. The number of aromatic nitrogens is 2. The molecule has 1 fully saturated rings. The Bertz CT molecular complexity index is 550. The van der Waals surface area contributed by atoms with Crippen LogP contribution in [-0.2, 0) is 4.79 Å². The Labute approximate surface area is 120 Å². The van der Waals surface area contributed by atoms with Gasteiger partial charge in [-0.2, -0.15) is 4.98 Å². The van der Waals surface area contributed by atoms with Gasteiger partial charge < -0.3 is 14.7 Å². The predicted octanol–water partition coefficient (Wildman–Crippen LogP) is 1.23. The quantitative estimate of drug-likeness (QED) is 0.636. The first-order chi connectivity index (χ1) is 10.0. The molecule has 9 nitrogen and oxygen atoms in total. The van der Waals surface area contributed by atoms with Gasteiger partial charge in [0.05, 0.1) is 18.5 Å². The molecule has 0 radical (unpaired) electrons. The van der Waals surface area contributed by atoms with Crippen LogP contribution in [0.1, 0.15) is 25.7 Å². The number of methoxy groups -OCH3 is 1. The Balaban J connectivity index is 2.42. The van der Waals surface area contributed by atoms with E-state index < -0.39 is 10.9 Å². The van der Waals surface area contributed by atoms with E-state index in [4.69, 9.17) is 9.84 Å². The number of anilines is 1. The standard InChI is InChI=1S/C12H16N4O5/c1-21-12-10(16(19)20)11(13-7-14-12)15-5-3-2-4-8(15)6-9(17)18/h7-8H,2-6H2,1H3,(H,17,18). The molecule has 0 amide bonds. The van der Waals surface area contributed by atoms with Crippen LogP contribution in [0.5, 0.6) is 5.88 Å². The monoisotopic (exact) mass is 296 g/mol. The van der Waals surface area contributed by atoms with Crippen molar-refractivity contribution >= 4 is 17.5 Å². The highest BCUT2D eigenvalue weighted by Gasteiger charge is 2.33. The molecule has 0 aliphatic carbocycles. The first kappa shape index (κ1) is 14.9. The minimum atomic E-state index is -0.935. The summed E-state index contributed by atoms with van der Waals surface area (Å²) in [6.07, 6.45) is 3.50. The van der Waals surface area contributed by atoms with Crippen molar-refractivity contribution in [3.63, 3.8) is 0 Å². The van der Waals surface area contributed by atoms with Crippen LogP contribution in [0.2, 0.25) is 0 Å². The zero-order valence-electron chi connectivity index (χ0n) is 11.6. The fourth-order valence-corrected chi connectivity index (χ4v) is 2.57. The second-order valence-corrected chi connectivity index (χ2v) is 4.75. The summed E-state index contributed by atoms with van der Waals surface area (Å²) in [5.41, 5.74) is -0.322. The van der Waals surface area contributed by atoms with Crippen LogP contribution in [0, 0.1) is 10.1 Å². The number of carboxylic acids is 1. The van der Waals surface area contributed by atoms with Crippen LogP contribution < -0.4 is 9.64 Å². The van der Waals surface area contributed by atoms with Crippen molar-refractivity contribution in [1.82, 2.24) is 9.97 Å². The lowest BCUT2D eigenvalue weighted by molar-refractivity contribution is -0.385. The number of carboxylic acid groups (broad SMARTS) is 1. The van der Waals surface area contributed by atoms with Gasteiger partial charge in [-0.05, 0) is 19.3 Å². The van der Waals surface area contributed by atoms with E-state index in [1.807, 2.05) is 0 Å². The minimum absolute atomic E-state index is 0.0799. The zero-order valence-corrected chi connectivity index (χ0v) is 11.6. The van der Waals surface area contributed by atoms with Crippen LogP contribution in [0.25, 0.3) is 0 Å². The molecule has 0 spiro atoms. The number of hydrogen-bond donors (Lipinski definition) is 1. The maximum atomic E-state index is 11.3. The van der Waals surface area contributed by atoms with E-state index in [0.29, 0.717) is 13.0 Å². The summed E-state index contributed by atoms with van der Waals surface area (Å²) >= 11 is 0. The van der Waals surface area contributed by atoms with Crippen molar-refractivity contribution in [2.75, 3.05) is 18.6 Å². The Kier molecular flexibility index (Phi) is 4.51. The molecule has 1 atom stereocenters. The van der Waals surface area contributed by atoms with Gasteiger partial charge in [-0.25, -0.2) is 4.98 Å². The molecule has 0 bridgehead atoms. The highest BCUT2D eigenvalue weighted by Crippen LogP contribution is 2.36. The van der Waals surface area contributed by atoms with E-state index in [0.717, 1.165) is 12.8 Å². The lowest BCUT2D eigenvalue weighted by Gasteiger charge is -2.35. The van der Waals surface area contributed by atoms with Crippen molar-refractivity contribution in [3.05, 3.63) is 16.4 Å². The molecular weight excluding hydrogens is 280 g/mol. The number of rotatable bonds is 5. The molecule has 9 heteroatoms. The fraction of sp³-hybridized carbons (Fsp3) is 0.583. The summed E-state index contributed by atoms with van der Waals surface area (Å²) in [6, 6.07) is -0.311. The van der Waals surface area contributed by atoms with Gasteiger partial charge in [0.15, 0.2) is 0 Å². The number of aliphatic carboxylic acids is 1. The number of carbonyl (C=O) groups is 1. The third-order valence-electron chi connectivity index (χ3n) is 3.45. The first-order valence-electron chi connectivity index (χ1n) is 6.56. The van der Waals surface area contributed by atoms with Crippen molar-refractivity contribution in [2.24, 2.45) is 0 Å². The fourth-order valence-electron chi connectivity index (χ4n) is 2.57. The Morgan fingerprint density at radius 2 is 2.33 bits per heavy atom. The number of hydrogen-bond acceptors (Lipinski definition) is 7. The highest BCUT2D eigenvalue weighted by molar-refractivity contribution is 5.70. The van der Waals surface area contributed by atoms with Crippen LogP contribution in [0.4, 0.5) is 11.5 Å². The first-order valence-corrected chi connectivity index (χ1v) is 6.56. The van der Waals surface area contributed by atoms with E-state index in [1.54, 1.807) is 4.90 Å². The summed E-state index contributed by atoms with van der Waals surface area (Å²) in [5.74, 6) is -0.932. The van der Waals surface area contributed by atoms with Gasteiger partial charge in [-0.1, -0.05) is 0 Å². The summed E-state index contributed by atoms with van der Waals surface area (Å²) in [6.45, 7) is 0.527. The summed E-state index contributed by atoms with van der Waals surface area (Å²) < 4.78 is 4.92. The number of nitro groups is 1. The largest absolute Gasteiger partial charge is 0.481 e. The summed E-state index contributed by atoms with van der Waals surface area (Å²) in [5, 5.41) is 20.3. The average Bonchev–Trinajstić information content (AvgIpc) is 2.46. The second kappa shape index (κ2) is 6.33. The molecule has 21 heavy (non-hydrogen) atoms. The zero-order chi connectivity index (χ0) is 15.4. The second-order valence-electron chi connectivity index (χ2n) is 4.75. The molecule has 1 aromatic heterocycles. The third-order valence-corrected chi connectivity index (χ3v) is 3.45. The van der Waals surface area contributed by atoms with Gasteiger partial charge in [-0.3, -0.25) is 14.9 Å². The van der Waals surface area contributed by atoms with E-state index >= 15 is 0 Å². The smallest absolute Gasteiger partial charge is 0.372 e. The lowest BCUT2D eigenvalue weighted by atomic mass is 9.99. The highest BCUT2D eigenvalue weighted by atomic mass is 16.6. The van der Waals surface area contributed by atoms with Gasteiger partial charge in [0.25, 0.3) is 5.88 Å². The predicted molar refractivity (Wildman–Crippen MR) is 72.5 cm³/mol. The van der Waals surface area contributed by atoms with E-state index in [9.17, 15) is 14.9 Å². The van der Waals surface area contributed by atoms with Gasteiger partial charge in [0.2, 0.25) is 5.82 Å². The topological polar surface area (TPSA) is 119 Å². The Hall–Kier alpha value is -2.45. The molecule has 1 aromatic rings. The van der Waals surface area contributed by atoms with Gasteiger partial charge in [-0.15, -0.1) is 0 Å².